The average Bonchev–Trinajstić information content (AvgIpc) is 3.76. The van der Waals surface area contributed by atoms with E-state index in [-0.39, 0.29) is 0 Å². The Kier molecular flexibility index (Phi) is 7.22. The van der Waals surface area contributed by atoms with Crippen molar-refractivity contribution >= 4 is 49.3 Å². The molecule has 0 aliphatic carbocycles. The molecule has 2 heterocycles. The van der Waals surface area contributed by atoms with Crippen LogP contribution in [0.25, 0.3) is 93.2 Å². The first-order chi connectivity index (χ1) is 26.7. The van der Waals surface area contributed by atoms with E-state index in [4.69, 9.17) is 6.57 Å². The van der Waals surface area contributed by atoms with Gasteiger partial charge in [0, 0.05) is 38.4 Å². The van der Waals surface area contributed by atoms with Crippen LogP contribution in [0, 0.1) is 17.9 Å². The fraction of sp³-hybridized carbons (Fsp3) is 0. The molecule has 4 nitrogen and oxygen atoms in total. The van der Waals surface area contributed by atoms with Gasteiger partial charge in [-0.25, -0.2) is 4.85 Å². The Hall–Kier alpha value is -7.66. The largest absolute Gasteiger partial charge is 0.309 e. The third-order valence-electron chi connectivity index (χ3n) is 10.6. The van der Waals surface area contributed by atoms with Crippen molar-refractivity contribution in [1.82, 2.24) is 9.13 Å². The second-order valence-corrected chi connectivity index (χ2v) is 13.5. The molecule has 0 radical (unpaired) electrons. The monoisotopic (exact) mass is 686 g/mol. The first-order valence-corrected chi connectivity index (χ1v) is 17.9. The lowest BCUT2D eigenvalue weighted by Gasteiger charge is -2.20. The van der Waals surface area contributed by atoms with Crippen molar-refractivity contribution in [2.45, 2.75) is 0 Å². The molecule has 0 bridgehead atoms. The van der Waals surface area contributed by atoms with Crippen LogP contribution in [-0.2, 0) is 0 Å². The number of para-hydroxylation sites is 3. The zero-order valence-electron chi connectivity index (χ0n) is 29.1. The summed E-state index contributed by atoms with van der Waals surface area (Å²) in [5.74, 6) is 0. The standard InChI is InChI=1S/C50H30N4/c1-52-45-28-33(32-51)24-26-37(45)43-30-42(35-16-6-3-7-17-35)50(31-41(43)34-14-4-2-5-15-34)54-48-23-13-10-20-40(48)44-29-36(25-27-49(44)54)53-46-21-11-8-18-38(46)39-19-9-12-22-47(39)53/h2-31H. The van der Waals surface area contributed by atoms with Gasteiger partial charge in [-0.2, -0.15) is 5.26 Å². The normalized spacial score (nSPS) is 11.3. The molecule has 0 aliphatic rings. The summed E-state index contributed by atoms with van der Waals surface area (Å²) >= 11 is 0. The Balaban J connectivity index is 1.30. The zero-order valence-corrected chi connectivity index (χ0v) is 29.1. The molecule has 0 saturated carbocycles. The smallest absolute Gasteiger partial charge is 0.196 e. The van der Waals surface area contributed by atoms with Crippen molar-refractivity contribution in [3.05, 3.63) is 199 Å². The number of hydrogen-bond acceptors (Lipinski definition) is 1. The highest BCUT2D eigenvalue weighted by atomic mass is 15.0. The Bertz CT molecular complexity index is 3120. The summed E-state index contributed by atoms with van der Waals surface area (Å²) in [7, 11) is 0. The summed E-state index contributed by atoms with van der Waals surface area (Å²) in [6, 6.07) is 65.7. The quantitative estimate of drug-likeness (QED) is 0.166. The highest BCUT2D eigenvalue weighted by Gasteiger charge is 2.22. The maximum atomic E-state index is 9.67. The first-order valence-electron chi connectivity index (χ1n) is 17.9. The van der Waals surface area contributed by atoms with E-state index in [0.717, 1.165) is 61.2 Å². The minimum atomic E-state index is 0.451. The van der Waals surface area contributed by atoms with Crippen LogP contribution in [0.4, 0.5) is 5.69 Å². The Morgan fingerprint density at radius 3 is 1.57 bits per heavy atom. The summed E-state index contributed by atoms with van der Waals surface area (Å²) in [5, 5.41) is 14.5. The lowest BCUT2D eigenvalue weighted by Crippen LogP contribution is -2.00. The van der Waals surface area contributed by atoms with Crippen LogP contribution < -0.4 is 0 Å². The Morgan fingerprint density at radius 2 is 0.963 bits per heavy atom. The maximum Gasteiger partial charge on any atom is 0.196 e. The summed E-state index contributed by atoms with van der Waals surface area (Å²) < 4.78 is 4.77. The van der Waals surface area contributed by atoms with Crippen molar-refractivity contribution in [2.24, 2.45) is 0 Å². The third kappa shape index (κ3) is 4.83. The number of nitriles is 1. The van der Waals surface area contributed by atoms with Gasteiger partial charge in [-0.15, -0.1) is 0 Å². The second-order valence-electron chi connectivity index (χ2n) is 13.5. The van der Waals surface area contributed by atoms with Crippen LogP contribution >= 0.6 is 0 Å². The SMILES string of the molecule is [C-]#[N+]c1cc(C#N)ccc1-c1cc(-c2ccccc2)c(-n2c3ccccc3c3cc(-n4c5ccccc5c5ccccc54)ccc32)cc1-c1ccccc1. The Morgan fingerprint density at radius 1 is 0.426 bits per heavy atom. The molecule has 2 aromatic heterocycles. The van der Waals surface area contributed by atoms with Crippen molar-refractivity contribution in [3.8, 4) is 50.8 Å². The van der Waals surface area contributed by atoms with Crippen molar-refractivity contribution in [2.75, 3.05) is 0 Å². The molecule has 0 fully saturated rings. The van der Waals surface area contributed by atoms with E-state index in [1.54, 1.807) is 12.1 Å². The summed E-state index contributed by atoms with van der Waals surface area (Å²) in [6.45, 7) is 8.10. The van der Waals surface area contributed by atoms with Crippen LogP contribution in [0.1, 0.15) is 5.56 Å². The van der Waals surface area contributed by atoms with Gasteiger partial charge in [0.05, 0.1) is 40.4 Å². The molecular formula is C50H30N4. The number of aromatic nitrogens is 2. The summed E-state index contributed by atoms with van der Waals surface area (Å²) in [5.41, 5.74) is 13.5. The number of rotatable bonds is 5. The average molecular weight is 687 g/mol. The van der Waals surface area contributed by atoms with E-state index in [9.17, 15) is 5.26 Å². The molecule has 10 aromatic rings. The van der Waals surface area contributed by atoms with Crippen LogP contribution in [0.2, 0.25) is 0 Å². The molecule has 0 amide bonds. The molecule has 0 unspecified atom stereocenters. The van der Waals surface area contributed by atoms with Crippen LogP contribution in [0.5, 0.6) is 0 Å². The van der Waals surface area contributed by atoms with Crippen LogP contribution in [-0.4, -0.2) is 9.13 Å². The minimum absolute atomic E-state index is 0.451. The Labute approximate surface area is 312 Å². The molecule has 0 saturated heterocycles. The number of nitrogens with zero attached hydrogens (tertiary/aromatic N) is 4. The lowest BCUT2D eigenvalue weighted by atomic mass is 9.88. The third-order valence-corrected chi connectivity index (χ3v) is 10.6. The van der Waals surface area contributed by atoms with Gasteiger partial charge < -0.3 is 9.13 Å². The predicted octanol–water partition coefficient (Wildman–Crippen LogP) is 13.3. The molecule has 0 atom stereocenters. The van der Waals surface area contributed by atoms with Gasteiger partial charge in [-0.1, -0.05) is 121 Å². The molecule has 8 aromatic carbocycles. The minimum Gasteiger partial charge on any atom is -0.309 e. The molecule has 250 valence electrons. The van der Waals surface area contributed by atoms with Gasteiger partial charge in [-0.05, 0) is 88.5 Å². The number of benzene rings is 8. The van der Waals surface area contributed by atoms with Gasteiger partial charge in [0.1, 0.15) is 0 Å². The molecule has 54 heavy (non-hydrogen) atoms. The van der Waals surface area contributed by atoms with Crippen molar-refractivity contribution in [3.63, 3.8) is 0 Å². The fourth-order valence-corrected chi connectivity index (χ4v) is 8.18. The van der Waals surface area contributed by atoms with Gasteiger partial charge in [0.2, 0.25) is 0 Å². The van der Waals surface area contributed by atoms with Gasteiger partial charge in [-0.3, -0.25) is 0 Å². The van der Waals surface area contributed by atoms with E-state index < -0.39 is 0 Å². The molecule has 0 spiro atoms. The highest BCUT2D eigenvalue weighted by Crippen LogP contribution is 2.45. The van der Waals surface area contributed by atoms with E-state index in [1.807, 2.05) is 18.2 Å². The van der Waals surface area contributed by atoms with Gasteiger partial charge in [0.25, 0.3) is 0 Å². The summed E-state index contributed by atoms with van der Waals surface area (Å²) in [4.78, 5) is 3.91. The molecular weight excluding hydrogens is 657 g/mol. The molecule has 0 aliphatic heterocycles. The van der Waals surface area contributed by atoms with Gasteiger partial charge >= 0.3 is 0 Å². The summed E-state index contributed by atoms with van der Waals surface area (Å²) in [6.07, 6.45) is 0. The van der Waals surface area contributed by atoms with Gasteiger partial charge in [0.15, 0.2) is 5.69 Å². The maximum absolute atomic E-state index is 9.67. The van der Waals surface area contributed by atoms with Crippen LogP contribution in [0.15, 0.2) is 182 Å². The lowest BCUT2D eigenvalue weighted by molar-refractivity contribution is 1.17. The van der Waals surface area contributed by atoms with Crippen molar-refractivity contribution in [1.29, 1.82) is 5.26 Å². The first kappa shape index (κ1) is 31.1. The number of hydrogen-bond donors (Lipinski definition) is 0. The molecule has 0 N–H and O–H groups in total. The fourth-order valence-electron chi connectivity index (χ4n) is 8.18. The predicted molar refractivity (Wildman–Crippen MR) is 222 cm³/mol. The number of fused-ring (bicyclic) bond motifs is 6. The topological polar surface area (TPSA) is 38.0 Å². The molecule has 4 heteroatoms. The van der Waals surface area contributed by atoms with E-state index >= 15 is 0 Å². The van der Waals surface area contributed by atoms with Crippen molar-refractivity contribution < 1.29 is 0 Å². The highest BCUT2D eigenvalue weighted by molar-refractivity contribution is 6.13. The van der Waals surface area contributed by atoms with E-state index in [0.29, 0.717) is 11.3 Å². The van der Waals surface area contributed by atoms with E-state index in [1.165, 1.54) is 27.2 Å². The zero-order chi connectivity index (χ0) is 36.2. The van der Waals surface area contributed by atoms with E-state index in [2.05, 4.69) is 172 Å². The van der Waals surface area contributed by atoms with Crippen LogP contribution in [0.3, 0.4) is 0 Å². The molecule has 10 rings (SSSR count). The second kappa shape index (κ2) is 12.5.